The number of aromatic nitrogens is 6. The predicted molar refractivity (Wildman–Crippen MR) is 283 cm³/mol. The van der Waals surface area contributed by atoms with Crippen molar-refractivity contribution in [1.82, 2.24) is 56.1 Å². The van der Waals surface area contributed by atoms with Gasteiger partial charge >= 0.3 is 12.2 Å². The minimum Gasteiger partial charge on any atom is -0.447 e. The third-order valence-corrected chi connectivity index (χ3v) is 12.2. The van der Waals surface area contributed by atoms with Crippen molar-refractivity contribution in [3.63, 3.8) is 0 Å². The van der Waals surface area contributed by atoms with E-state index in [1.165, 1.54) is 68.0 Å². The van der Waals surface area contributed by atoms with Crippen molar-refractivity contribution >= 4 is 86.3 Å². The summed E-state index contributed by atoms with van der Waals surface area (Å²) < 4.78 is 38.6. The number of ether oxygens (including phenoxy) is 2. The molecule has 0 unspecified atom stereocenters. The van der Waals surface area contributed by atoms with Crippen LogP contribution in [0.4, 0.5) is 30.0 Å². The number of aromatic amines is 1. The van der Waals surface area contributed by atoms with Crippen LogP contribution in [-0.2, 0) is 49.9 Å². The maximum atomic E-state index is 13.9. The lowest BCUT2D eigenvalue weighted by Crippen LogP contribution is -2.52. The first-order valence-corrected chi connectivity index (χ1v) is 24.4. The van der Waals surface area contributed by atoms with Gasteiger partial charge in [-0.3, -0.25) is 45.0 Å². The van der Waals surface area contributed by atoms with Gasteiger partial charge in [0.25, 0.3) is 0 Å². The number of halogens is 4. The van der Waals surface area contributed by atoms with Crippen LogP contribution in [0.2, 0.25) is 10.0 Å². The highest BCUT2D eigenvalue weighted by molar-refractivity contribution is 6.31. The van der Waals surface area contributed by atoms with Gasteiger partial charge in [0, 0.05) is 80.8 Å². The Morgan fingerprint density at radius 1 is 0.610 bits per heavy atom. The van der Waals surface area contributed by atoms with Gasteiger partial charge in [0.1, 0.15) is 36.5 Å². The summed E-state index contributed by atoms with van der Waals surface area (Å²) in [6.07, 6.45) is 9.47. The Bertz CT molecular complexity index is 3310. The maximum absolute atomic E-state index is 13.9. The number of imidazole rings is 1. The van der Waals surface area contributed by atoms with Crippen molar-refractivity contribution in [2.24, 2.45) is 0 Å². The average Bonchev–Trinajstić information content (AvgIpc) is 3.94. The number of fused-ring (bicyclic) bond motifs is 2. The van der Waals surface area contributed by atoms with E-state index in [9.17, 15) is 32.8 Å². The van der Waals surface area contributed by atoms with Crippen LogP contribution in [0, 0.1) is 11.6 Å². The molecular weight excluding hydrogens is 1040 g/mol. The quantitative estimate of drug-likeness (QED) is 0.0392. The molecule has 2 atom stereocenters. The van der Waals surface area contributed by atoms with Gasteiger partial charge in [-0.2, -0.15) is 0 Å². The van der Waals surface area contributed by atoms with E-state index in [4.69, 9.17) is 32.7 Å². The summed E-state index contributed by atoms with van der Waals surface area (Å²) in [6, 6.07) is 25.8. The summed E-state index contributed by atoms with van der Waals surface area (Å²) >= 11 is 12.1. The van der Waals surface area contributed by atoms with Crippen LogP contribution in [0.15, 0.2) is 141 Å². The Balaban J connectivity index is 0.000000225. The molecule has 5 amide bonds. The number of benzene rings is 4. The molecule has 0 radical (unpaired) electrons. The van der Waals surface area contributed by atoms with E-state index in [1.807, 2.05) is 48.5 Å². The lowest BCUT2D eigenvalue weighted by Gasteiger charge is -2.31. The number of H-pyrrole nitrogens is 1. The Morgan fingerprint density at radius 2 is 1.13 bits per heavy atom. The van der Waals surface area contributed by atoms with Gasteiger partial charge in [0.15, 0.2) is 0 Å². The first-order chi connectivity index (χ1) is 37.2. The number of hydrogen-bond donors (Lipinski definition) is 6. The minimum absolute atomic E-state index is 0.0267. The highest BCUT2D eigenvalue weighted by Crippen LogP contribution is 2.22. The molecule has 24 heteroatoms. The molecule has 8 rings (SSSR count). The third-order valence-electron chi connectivity index (χ3n) is 11.4. The van der Waals surface area contributed by atoms with Crippen LogP contribution in [0.1, 0.15) is 42.8 Å². The van der Waals surface area contributed by atoms with E-state index < -0.39 is 47.7 Å². The zero-order chi connectivity index (χ0) is 54.7. The van der Waals surface area contributed by atoms with Crippen LogP contribution < -0.4 is 26.8 Å². The van der Waals surface area contributed by atoms with Crippen molar-refractivity contribution in [3.8, 4) is 0 Å². The topological polar surface area (TPSA) is 251 Å². The number of pyridine rings is 2. The van der Waals surface area contributed by atoms with Gasteiger partial charge in [-0.15, -0.1) is 0 Å². The van der Waals surface area contributed by atoms with E-state index in [1.54, 1.807) is 42.9 Å². The summed E-state index contributed by atoms with van der Waals surface area (Å²) in [6.45, 7) is 2.34. The molecule has 0 aliphatic heterocycles. The second kappa shape index (κ2) is 27.7. The highest BCUT2D eigenvalue weighted by Gasteiger charge is 2.28. The summed E-state index contributed by atoms with van der Waals surface area (Å²) in [7, 11) is 0. The van der Waals surface area contributed by atoms with Gasteiger partial charge in [0.2, 0.25) is 17.7 Å². The summed E-state index contributed by atoms with van der Waals surface area (Å²) in [4.78, 5) is 86.6. The van der Waals surface area contributed by atoms with E-state index in [-0.39, 0.29) is 61.0 Å². The van der Waals surface area contributed by atoms with Gasteiger partial charge in [0.05, 0.1) is 53.3 Å². The smallest absolute Gasteiger partial charge is 0.412 e. The number of carbonyl (C=O) groups excluding carboxylic acids is 5. The normalized spacial score (nSPS) is 11.6. The maximum Gasteiger partial charge on any atom is 0.412 e. The Kier molecular flexibility index (Phi) is 20.2. The molecule has 0 saturated carbocycles. The summed E-state index contributed by atoms with van der Waals surface area (Å²) in [5, 5.41) is 13.9. The molecule has 0 saturated heterocycles. The number of rotatable bonds is 20. The van der Waals surface area contributed by atoms with Crippen molar-refractivity contribution in [3.05, 3.63) is 185 Å². The third kappa shape index (κ3) is 16.6. The second-order valence-corrected chi connectivity index (χ2v) is 17.7. The molecule has 4 heterocycles. The molecule has 0 fully saturated rings. The molecular formula is C53H51Cl2F2N13O7. The van der Waals surface area contributed by atoms with Crippen LogP contribution in [0.3, 0.4) is 0 Å². The van der Waals surface area contributed by atoms with E-state index in [2.05, 4.69) is 56.7 Å². The fraction of sp³-hybridized carbons (Fsp3) is 0.208. The highest BCUT2D eigenvalue weighted by atomic mass is 35.5. The van der Waals surface area contributed by atoms with Crippen LogP contribution in [-0.4, -0.2) is 95.1 Å². The van der Waals surface area contributed by atoms with Gasteiger partial charge in [-0.05, 0) is 46.2 Å². The number of amides is 5. The van der Waals surface area contributed by atoms with E-state index >= 15 is 0 Å². The lowest BCUT2D eigenvalue weighted by molar-refractivity contribution is -0.138. The molecule has 398 valence electrons. The Hall–Kier alpha value is -8.70. The molecule has 0 aliphatic carbocycles. The molecule has 4 aromatic heterocycles. The Morgan fingerprint density at radius 3 is 1.62 bits per heavy atom. The molecule has 0 bridgehead atoms. The molecule has 0 aliphatic rings. The van der Waals surface area contributed by atoms with Crippen LogP contribution >= 0.6 is 23.2 Å². The second-order valence-electron chi connectivity index (χ2n) is 16.9. The van der Waals surface area contributed by atoms with Crippen molar-refractivity contribution in [1.29, 1.82) is 0 Å². The van der Waals surface area contributed by atoms with Gasteiger partial charge in [-0.25, -0.2) is 44.2 Å². The standard InChI is InChI=1S/C28H27ClFN7O4.C25H24ClFN6O3/c1-18(38)37(35-14-21-7-4-8-24(30)27(21)29)23(12-26(39)34-16-22-15-31-9-10-32-22)17-41-28(40)36-25-11-19-5-2-3-6-20(19)13-33-25;1-16(34)33(31-12-19-7-4-8-22(27)24(19)26)21(10-20-13-28-15-30-20)14-36-25(35)32-23-9-17-5-2-3-6-18(17)11-29-23/h2-11,13,15,23,35H,12,14,16-17H2,1H3,(H,34,39)(H,33,36,40);2-9,11,13,15,21,31H,10,12,14H2,1H3,(H,28,30)(H,29,32,35)/t23-;21-/m00/s1. The Labute approximate surface area is 449 Å². The minimum atomic E-state index is -0.933. The summed E-state index contributed by atoms with van der Waals surface area (Å²) in [5.41, 5.74) is 8.01. The van der Waals surface area contributed by atoms with Crippen molar-refractivity contribution < 1.29 is 42.2 Å². The first kappa shape index (κ1) is 56.0. The fourth-order valence-electron chi connectivity index (χ4n) is 7.63. The molecule has 0 spiro atoms. The van der Waals surface area contributed by atoms with Crippen LogP contribution in [0.5, 0.6) is 0 Å². The molecule has 77 heavy (non-hydrogen) atoms. The average molecular weight is 1090 g/mol. The number of hydrazine groups is 2. The van der Waals surface area contributed by atoms with Gasteiger partial charge < -0.3 is 19.8 Å². The first-order valence-electron chi connectivity index (χ1n) is 23.7. The number of nitrogens with zero attached hydrogens (tertiary/aromatic N) is 7. The van der Waals surface area contributed by atoms with E-state index in [0.717, 1.165) is 32.2 Å². The molecule has 20 nitrogen and oxygen atoms in total. The predicted octanol–water partition coefficient (Wildman–Crippen LogP) is 8.46. The van der Waals surface area contributed by atoms with Crippen molar-refractivity contribution in [2.45, 2.75) is 58.4 Å². The number of anilines is 2. The zero-order valence-corrected chi connectivity index (χ0v) is 42.9. The number of nitrogens with one attached hydrogen (secondary N) is 6. The van der Waals surface area contributed by atoms with Gasteiger partial charge in [-0.1, -0.05) is 96.0 Å². The fourth-order valence-corrected chi connectivity index (χ4v) is 8.02. The van der Waals surface area contributed by atoms with Crippen molar-refractivity contribution in [2.75, 3.05) is 23.8 Å². The largest absolute Gasteiger partial charge is 0.447 e. The number of carbonyl (C=O) groups is 5. The number of hydrogen-bond acceptors (Lipinski definition) is 14. The molecule has 6 N–H and O–H groups in total. The monoisotopic (exact) mass is 1090 g/mol. The van der Waals surface area contributed by atoms with E-state index in [0.29, 0.717) is 29.1 Å². The molecule has 4 aromatic carbocycles. The summed E-state index contributed by atoms with van der Waals surface area (Å²) in [5.74, 6) is -1.78. The van der Waals surface area contributed by atoms with Crippen LogP contribution in [0.25, 0.3) is 21.5 Å². The SMILES string of the molecule is CC(=O)N(NCc1cccc(F)c1Cl)[C@H](COC(=O)Nc1cc2ccccc2cn1)CC(=O)NCc1cnccn1.CC(=O)N(NCc1cccc(F)c1Cl)[C@H](COC(=O)Nc1cc2ccccc2cn1)Cc1cnc[nH]1. The zero-order valence-electron chi connectivity index (χ0n) is 41.4. The lowest BCUT2D eigenvalue weighted by atomic mass is 10.1. The molecule has 8 aromatic rings.